The van der Waals surface area contributed by atoms with E-state index >= 15 is 0 Å². The lowest BCUT2D eigenvalue weighted by Gasteiger charge is -2.29. The van der Waals surface area contributed by atoms with Gasteiger partial charge in [0.05, 0.1) is 23.8 Å². The number of carbonyl (C=O) groups is 2. The van der Waals surface area contributed by atoms with Crippen molar-refractivity contribution in [2.75, 3.05) is 25.5 Å². The van der Waals surface area contributed by atoms with Crippen LogP contribution in [0.15, 0.2) is 24.3 Å². The molecule has 3 aromatic rings. The number of rotatable bonds is 4. The second-order valence-corrected chi connectivity index (χ2v) is 8.71. The lowest BCUT2D eigenvalue weighted by molar-refractivity contribution is 0.0601. The van der Waals surface area contributed by atoms with Crippen molar-refractivity contribution in [1.82, 2.24) is 9.88 Å². The zero-order valence-electron chi connectivity index (χ0n) is 17.7. The first-order valence-corrected chi connectivity index (χ1v) is 10.9. The van der Waals surface area contributed by atoms with E-state index in [1.54, 1.807) is 0 Å². The van der Waals surface area contributed by atoms with Gasteiger partial charge in [0, 0.05) is 41.0 Å². The first kappa shape index (κ1) is 20.5. The van der Waals surface area contributed by atoms with Crippen molar-refractivity contribution >= 4 is 39.1 Å². The zero-order valence-corrected chi connectivity index (χ0v) is 18.5. The molecule has 1 amide bonds. The highest BCUT2D eigenvalue weighted by Gasteiger charge is 2.27. The van der Waals surface area contributed by atoms with Gasteiger partial charge in [-0.1, -0.05) is 25.1 Å². The third-order valence-corrected chi connectivity index (χ3v) is 6.92. The predicted octanol–water partition coefficient (Wildman–Crippen LogP) is 4.33. The SMILES string of the molecule is CCN1CCc2nc3ccccc3c(C(=O)Nc3sc(C)c(C)c3C(=O)OC)c2C1. The Morgan fingerprint density at radius 1 is 1.23 bits per heavy atom. The quantitative estimate of drug-likeness (QED) is 0.633. The highest BCUT2D eigenvalue weighted by atomic mass is 32.1. The van der Waals surface area contributed by atoms with Gasteiger partial charge in [-0.25, -0.2) is 4.79 Å². The number of amides is 1. The fourth-order valence-electron chi connectivity index (χ4n) is 4.00. The summed E-state index contributed by atoms with van der Waals surface area (Å²) < 4.78 is 4.95. The summed E-state index contributed by atoms with van der Waals surface area (Å²) in [4.78, 5) is 34.0. The summed E-state index contributed by atoms with van der Waals surface area (Å²) in [5.74, 6) is -0.653. The Kier molecular flexibility index (Phi) is 5.58. The number of para-hydroxylation sites is 1. The largest absolute Gasteiger partial charge is 0.465 e. The Balaban J connectivity index is 1.83. The van der Waals surface area contributed by atoms with E-state index in [1.165, 1.54) is 18.4 Å². The normalized spacial score (nSPS) is 13.9. The highest BCUT2D eigenvalue weighted by molar-refractivity contribution is 7.16. The zero-order chi connectivity index (χ0) is 21.4. The van der Waals surface area contributed by atoms with Crippen LogP contribution in [0.25, 0.3) is 10.9 Å². The number of aryl methyl sites for hydroxylation is 1. The number of fused-ring (bicyclic) bond motifs is 2. The standard InChI is InChI=1S/C23H25N3O3S/c1-5-26-11-10-18-16(12-26)20(15-8-6-7-9-17(15)24-18)21(27)25-22-19(23(28)29-4)13(2)14(3)30-22/h6-9H,5,10-12H2,1-4H3,(H,25,27). The molecule has 1 aliphatic rings. The summed E-state index contributed by atoms with van der Waals surface area (Å²) in [5, 5.41) is 4.37. The van der Waals surface area contributed by atoms with E-state index in [0.29, 0.717) is 22.7 Å². The smallest absolute Gasteiger partial charge is 0.341 e. The van der Waals surface area contributed by atoms with Crippen LogP contribution in [0.2, 0.25) is 0 Å². The third-order valence-electron chi connectivity index (χ3n) is 5.80. The summed E-state index contributed by atoms with van der Waals surface area (Å²) in [6.07, 6.45) is 0.818. The van der Waals surface area contributed by atoms with Crippen LogP contribution in [0.5, 0.6) is 0 Å². The lowest BCUT2D eigenvalue weighted by Crippen LogP contribution is -2.33. The molecule has 0 unspecified atom stereocenters. The number of carbonyl (C=O) groups excluding carboxylic acids is 2. The summed E-state index contributed by atoms with van der Waals surface area (Å²) in [5.41, 5.74) is 4.68. The van der Waals surface area contributed by atoms with E-state index in [9.17, 15) is 9.59 Å². The fourth-order valence-corrected chi connectivity index (χ4v) is 5.05. The molecule has 4 rings (SSSR count). The van der Waals surface area contributed by atoms with Crippen molar-refractivity contribution in [2.45, 2.75) is 33.7 Å². The molecule has 0 spiro atoms. The van der Waals surface area contributed by atoms with Gasteiger partial charge >= 0.3 is 5.97 Å². The van der Waals surface area contributed by atoms with Crippen molar-refractivity contribution in [1.29, 1.82) is 0 Å². The van der Waals surface area contributed by atoms with Crippen molar-refractivity contribution in [3.05, 3.63) is 57.1 Å². The summed E-state index contributed by atoms with van der Waals surface area (Å²) in [6, 6.07) is 7.74. The van der Waals surface area contributed by atoms with Crippen LogP contribution >= 0.6 is 11.3 Å². The van der Waals surface area contributed by atoms with Crippen LogP contribution in [-0.2, 0) is 17.7 Å². The van der Waals surface area contributed by atoms with E-state index in [-0.39, 0.29) is 5.91 Å². The van der Waals surface area contributed by atoms with E-state index in [1.807, 2.05) is 38.1 Å². The van der Waals surface area contributed by atoms with Gasteiger partial charge in [-0.05, 0) is 32.0 Å². The average Bonchev–Trinajstić information content (AvgIpc) is 3.03. The molecule has 3 heterocycles. The number of methoxy groups -OCH3 is 1. The molecule has 30 heavy (non-hydrogen) atoms. The number of hydrogen-bond donors (Lipinski definition) is 1. The number of thiophene rings is 1. The summed E-state index contributed by atoms with van der Waals surface area (Å²) in [6.45, 7) is 8.48. The molecule has 0 saturated heterocycles. The molecule has 156 valence electrons. The molecule has 1 aliphatic heterocycles. The number of esters is 1. The minimum Gasteiger partial charge on any atom is -0.465 e. The van der Waals surface area contributed by atoms with Gasteiger partial charge in [0.1, 0.15) is 5.00 Å². The van der Waals surface area contributed by atoms with Gasteiger partial charge in [-0.15, -0.1) is 11.3 Å². The van der Waals surface area contributed by atoms with Crippen molar-refractivity contribution in [2.24, 2.45) is 0 Å². The second-order valence-electron chi connectivity index (χ2n) is 7.48. The molecule has 0 atom stereocenters. The number of pyridine rings is 1. The molecule has 1 aromatic carbocycles. The number of ether oxygens (including phenoxy) is 1. The number of nitrogens with zero attached hydrogens (tertiary/aromatic N) is 2. The van der Waals surface area contributed by atoms with Crippen LogP contribution in [0.4, 0.5) is 5.00 Å². The second kappa shape index (κ2) is 8.16. The van der Waals surface area contributed by atoms with Crippen LogP contribution in [0.3, 0.4) is 0 Å². The minimum atomic E-state index is -0.439. The van der Waals surface area contributed by atoms with Gasteiger partial charge in [-0.3, -0.25) is 14.7 Å². The lowest BCUT2D eigenvalue weighted by atomic mass is 9.95. The van der Waals surface area contributed by atoms with Crippen LogP contribution < -0.4 is 5.32 Å². The molecular formula is C23H25N3O3S. The van der Waals surface area contributed by atoms with E-state index in [2.05, 4.69) is 17.1 Å². The number of nitrogens with one attached hydrogen (secondary N) is 1. The van der Waals surface area contributed by atoms with Crippen LogP contribution in [0.1, 0.15) is 49.3 Å². The molecule has 6 nitrogen and oxygen atoms in total. The van der Waals surface area contributed by atoms with Crippen LogP contribution in [0, 0.1) is 13.8 Å². The maximum Gasteiger partial charge on any atom is 0.341 e. The Bertz CT molecular complexity index is 1150. The molecule has 0 bridgehead atoms. The molecule has 0 saturated carbocycles. The van der Waals surface area contributed by atoms with Gasteiger partial charge in [0.2, 0.25) is 0 Å². The average molecular weight is 424 g/mol. The molecule has 2 aromatic heterocycles. The Hall–Kier alpha value is -2.77. The first-order valence-electron chi connectivity index (χ1n) is 10.1. The molecule has 0 radical (unpaired) electrons. The number of benzene rings is 1. The Morgan fingerprint density at radius 3 is 2.73 bits per heavy atom. The molecular weight excluding hydrogens is 398 g/mol. The molecule has 1 N–H and O–H groups in total. The van der Waals surface area contributed by atoms with Gasteiger partial charge in [-0.2, -0.15) is 0 Å². The Morgan fingerprint density at radius 2 is 2.00 bits per heavy atom. The number of hydrogen-bond acceptors (Lipinski definition) is 6. The van der Waals surface area contributed by atoms with E-state index in [4.69, 9.17) is 9.72 Å². The van der Waals surface area contributed by atoms with Crippen molar-refractivity contribution in [3.63, 3.8) is 0 Å². The fraction of sp³-hybridized carbons (Fsp3) is 0.348. The predicted molar refractivity (Wildman–Crippen MR) is 119 cm³/mol. The highest BCUT2D eigenvalue weighted by Crippen LogP contribution is 2.35. The monoisotopic (exact) mass is 423 g/mol. The Labute approximate surface area is 179 Å². The number of likely N-dealkylation sites (N-methyl/N-ethyl adjacent to an activating group) is 1. The molecule has 7 heteroatoms. The van der Waals surface area contributed by atoms with Gasteiger partial charge in [0.15, 0.2) is 0 Å². The van der Waals surface area contributed by atoms with Gasteiger partial charge < -0.3 is 10.1 Å². The van der Waals surface area contributed by atoms with E-state index in [0.717, 1.165) is 52.1 Å². The van der Waals surface area contributed by atoms with Crippen LogP contribution in [-0.4, -0.2) is 42.0 Å². The molecule has 0 aliphatic carbocycles. The maximum atomic E-state index is 13.6. The third kappa shape index (κ3) is 3.48. The van der Waals surface area contributed by atoms with Gasteiger partial charge in [0.25, 0.3) is 5.91 Å². The summed E-state index contributed by atoms with van der Waals surface area (Å²) in [7, 11) is 1.35. The number of anilines is 1. The minimum absolute atomic E-state index is 0.214. The van der Waals surface area contributed by atoms with E-state index < -0.39 is 5.97 Å². The van der Waals surface area contributed by atoms with Crippen molar-refractivity contribution in [3.8, 4) is 0 Å². The topological polar surface area (TPSA) is 71.5 Å². The maximum absolute atomic E-state index is 13.6. The molecule has 0 fully saturated rings. The first-order chi connectivity index (χ1) is 14.4. The number of aromatic nitrogens is 1. The van der Waals surface area contributed by atoms with Crippen molar-refractivity contribution < 1.29 is 14.3 Å². The summed E-state index contributed by atoms with van der Waals surface area (Å²) >= 11 is 1.40.